The Balaban J connectivity index is 0.000000133. The molecule has 0 atom stereocenters. The minimum atomic E-state index is -0.110. The van der Waals surface area contributed by atoms with Gasteiger partial charge in [-0.3, -0.25) is 18.4 Å². The Hall–Kier alpha value is -8.46. The monoisotopic (exact) mass is 742 g/mol. The number of nitrogens with zero attached hydrogens (tertiary/aromatic N) is 6. The highest BCUT2D eigenvalue weighted by atomic mass is 16.1. The van der Waals surface area contributed by atoms with Crippen LogP contribution >= 0.6 is 0 Å². The molecule has 0 unspecified atom stereocenters. The first kappa shape index (κ1) is 32.9. The summed E-state index contributed by atoms with van der Waals surface area (Å²) in [5.74, 6) is 0. The van der Waals surface area contributed by atoms with E-state index >= 15 is 0 Å². The van der Waals surface area contributed by atoms with Gasteiger partial charge in [-0.25, -0.2) is 9.97 Å². The van der Waals surface area contributed by atoms with Gasteiger partial charge in [0.1, 0.15) is 11.3 Å². The quantitative estimate of drug-likeness (QED) is 0.174. The van der Waals surface area contributed by atoms with Crippen LogP contribution in [0.25, 0.3) is 98.7 Å². The number of nitriles is 2. The molecule has 0 aliphatic rings. The lowest BCUT2D eigenvalue weighted by Crippen LogP contribution is -2.13. The van der Waals surface area contributed by atoms with Crippen molar-refractivity contribution in [3.63, 3.8) is 0 Å². The third-order valence-electron chi connectivity index (χ3n) is 11.2. The molecule has 8 heteroatoms. The van der Waals surface area contributed by atoms with Crippen LogP contribution in [-0.4, -0.2) is 18.8 Å². The Morgan fingerprint density at radius 2 is 0.776 bits per heavy atom. The maximum absolute atomic E-state index is 13.5. The average Bonchev–Trinajstić information content (AvgIpc) is 3.88. The van der Waals surface area contributed by atoms with Crippen LogP contribution in [0, 0.1) is 22.7 Å². The van der Waals surface area contributed by atoms with Crippen molar-refractivity contribution in [1.82, 2.24) is 18.8 Å². The molecule has 4 aromatic heterocycles. The van der Waals surface area contributed by atoms with E-state index in [4.69, 9.17) is 9.97 Å². The molecule has 0 N–H and O–H groups in total. The van der Waals surface area contributed by atoms with E-state index < -0.39 is 0 Å². The first-order valence-corrected chi connectivity index (χ1v) is 18.7. The lowest BCUT2D eigenvalue weighted by molar-refractivity contribution is 1.19. The second kappa shape index (κ2) is 12.5. The van der Waals surface area contributed by atoms with Gasteiger partial charge < -0.3 is 0 Å². The number of benzene rings is 8. The molecule has 8 nitrogen and oxygen atoms in total. The largest absolute Gasteiger partial charge is 0.268 e. The number of rotatable bonds is 2. The van der Waals surface area contributed by atoms with E-state index in [0.29, 0.717) is 33.2 Å². The summed E-state index contributed by atoms with van der Waals surface area (Å²) in [7, 11) is 0. The standard InChI is InChI=1S/2C25H13N3O/c26-14-16-10-11-19-23-18(13-12-17(22(16)23)15-6-2-1-3-7-15)24-27-20-8-4-5-9-21(20)28(24)25(19)29;26-14-16-10-11-18-23-19(13-12-17(22(16)23)15-6-2-1-3-7-15)25(29)28-21-9-5-4-8-20(21)27-24(18)28/h2*1-13H. The van der Waals surface area contributed by atoms with Gasteiger partial charge in [-0.15, -0.1) is 0 Å². The Labute approximate surface area is 328 Å². The first-order valence-electron chi connectivity index (χ1n) is 18.7. The van der Waals surface area contributed by atoms with Crippen molar-refractivity contribution in [2.45, 2.75) is 0 Å². The highest BCUT2D eigenvalue weighted by molar-refractivity contribution is 6.22. The number of aromatic nitrogens is 4. The molecule has 12 rings (SSSR count). The third kappa shape index (κ3) is 4.60. The Morgan fingerprint density at radius 3 is 1.22 bits per heavy atom. The third-order valence-corrected chi connectivity index (χ3v) is 11.2. The molecule has 0 spiro atoms. The second-order valence-electron chi connectivity index (χ2n) is 14.2. The van der Waals surface area contributed by atoms with Gasteiger partial charge in [-0.1, -0.05) is 97.1 Å². The number of imidazole rings is 2. The molecule has 8 aromatic carbocycles. The maximum Gasteiger partial charge on any atom is 0.264 e. The van der Waals surface area contributed by atoms with Gasteiger partial charge in [-0.05, 0) is 82.9 Å². The molecule has 0 aliphatic heterocycles. The first-order chi connectivity index (χ1) is 28.6. The molecule has 12 aromatic rings. The molecule has 0 saturated carbocycles. The molecule has 0 aliphatic carbocycles. The Kier molecular flexibility index (Phi) is 7.12. The Bertz CT molecular complexity index is 3660. The van der Waals surface area contributed by atoms with Crippen molar-refractivity contribution in [2.24, 2.45) is 0 Å². The van der Waals surface area contributed by atoms with E-state index in [1.807, 2.05) is 146 Å². The van der Waals surface area contributed by atoms with Crippen LogP contribution in [0.15, 0.2) is 167 Å². The fourth-order valence-electron chi connectivity index (χ4n) is 8.69. The van der Waals surface area contributed by atoms with Gasteiger partial charge in [0.2, 0.25) is 0 Å². The zero-order valence-corrected chi connectivity index (χ0v) is 30.5. The number of fused-ring (bicyclic) bond motifs is 8. The lowest BCUT2D eigenvalue weighted by atomic mass is 9.91. The van der Waals surface area contributed by atoms with Crippen molar-refractivity contribution >= 4 is 76.5 Å². The number of hydrogen-bond acceptors (Lipinski definition) is 6. The maximum atomic E-state index is 13.5. The summed E-state index contributed by atoms with van der Waals surface area (Å²) in [5.41, 5.74) is 9.22. The minimum Gasteiger partial charge on any atom is -0.268 e. The van der Waals surface area contributed by atoms with Gasteiger partial charge in [0.05, 0.1) is 45.3 Å². The number of hydrogen-bond donors (Lipinski definition) is 0. The summed E-state index contributed by atoms with van der Waals surface area (Å²) in [6.45, 7) is 0. The molecule has 0 saturated heterocycles. The molecule has 0 amide bonds. The summed E-state index contributed by atoms with van der Waals surface area (Å²) in [6, 6.07) is 54.9. The van der Waals surface area contributed by atoms with Gasteiger partial charge in [0, 0.05) is 43.1 Å². The van der Waals surface area contributed by atoms with Crippen molar-refractivity contribution in [3.8, 4) is 34.4 Å². The van der Waals surface area contributed by atoms with Gasteiger partial charge >= 0.3 is 0 Å². The molecular weight excluding hydrogens is 717 g/mol. The van der Waals surface area contributed by atoms with Crippen LogP contribution in [0.4, 0.5) is 0 Å². The molecule has 4 heterocycles. The van der Waals surface area contributed by atoms with Gasteiger partial charge in [-0.2, -0.15) is 10.5 Å². The summed E-state index contributed by atoms with van der Waals surface area (Å²) < 4.78 is 3.36. The van der Waals surface area contributed by atoms with E-state index in [-0.39, 0.29) is 11.1 Å². The second-order valence-corrected chi connectivity index (χ2v) is 14.2. The Morgan fingerprint density at radius 1 is 0.397 bits per heavy atom. The summed E-state index contributed by atoms with van der Waals surface area (Å²) in [4.78, 5) is 36.4. The molecule has 0 radical (unpaired) electrons. The van der Waals surface area contributed by atoms with Crippen LogP contribution in [-0.2, 0) is 0 Å². The van der Waals surface area contributed by atoms with Crippen LogP contribution in [0.2, 0.25) is 0 Å². The van der Waals surface area contributed by atoms with Crippen molar-refractivity contribution in [3.05, 3.63) is 190 Å². The molecule has 268 valence electrons. The van der Waals surface area contributed by atoms with E-state index in [0.717, 1.165) is 76.6 Å². The van der Waals surface area contributed by atoms with E-state index in [2.05, 4.69) is 12.1 Å². The fourth-order valence-corrected chi connectivity index (χ4v) is 8.69. The smallest absolute Gasteiger partial charge is 0.264 e. The normalized spacial score (nSPS) is 11.6. The molecule has 0 bridgehead atoms. The summed E-state index contributed by atoms with van der Waals surface area (Å²) in [5, 5.41) is 25.8. The van der Waals surface area contributed by atoms with E-state index in [9.17, 15) is 20.1 Å². The SMILES string of the molecule is N#Cc1ccc2c(=O)n3c4ccccc4nc3c3ccc(-c4ccccc4)c1c23.N#Cc1ccc2c3c1c(-c1ccccc1)ccc3c(=O)n1c3ccccc3nc21. The predicted octanol–water partition coefficient (Wildman–Crippen LogP) is 10.3. The summed E-state index contributed by atoms with van der Waals surface area (Å²) in [6.07, 6.45) is 0. The van der Waals surface area contributed by atoms with Crippen LogP contribution in [0.3, 0.4) is 0 Å². The highest BCUT2D eigenvalue weighted by Gasteiger charge is 2.21. The van der Waals surface area contributed by atoms with Crippen LogP contribution in [0.5, 0.6) is 0 Å². The van der Waals surface area contributed by atoms with Crippen molar-refractivity contribution < 1.29 is 0 Å². The van der Waals surface area contributed by atoms with Gasteiger partial charge in [0.25, 0.3) is 11.1 Å². The van der Waals surface area contributed by atoms with Crippen molar-refractivity contribution in [1.29, 1.82) is 10.5 Å². The minimum absolute atomic E-state index is 0.110. The molecule has 58 heavy (non-hydrogen) atoms. The zero-order valence-electron chi connectivity index (χ0n) is 30.5. The van der Waals surface area contributed by atoms with E-state index in [1.54, 1.807) is 20.9 Å². The fraction of sp³-hybridized carbons (Fsp3) is 0. The van der Waals surface area contributed by atoms with E-state index in [1.165, 1.54) is 0 Å². The number of pyridine rings is 2. The van der Waals surface area contributed by atoms with Crippen LogP contribution in [0.1, 0.15) is 11.1 Å². The van der Waals surface area contributed by atoms with Crippen LogP contribution < -0.4 is 11.1 Å². The van der Waals surface area contributed by atoms with Crippen molar-refractivity contribution in [2.75, 3.05) is 0 Å². The lowest BCUT2D eigenvalue weighted by Gasteiger charge is -2.13. The number of para-hydroxylation sites is 4. The zero-order chi connectivity index (χ0) is 39.1. The topological polar surface area (TPSA) is 116 Å². The molecular formula is C50H26N6O2. The average molecular weight is 743 g/mol. The predicted molar refractivity (Wildman–Crippen MR) is 231 cm³/mol. The molecule has 0 fully saturated rings. The van der Waals surface area contributed by atoms with Gasteiger partial charge in [0.15, 0.2) is 0 Å². The highest BCUT2D eigenvalue weighted by Crippen LogP contribution is 2.39. The summed E-state index contributed by atoms with van der Waals surface area (Å²) >= 11 is 0.